The van der Waals surface area contributed by atoms with Gasteiger partial charge in [-0.05, 0) is 25.5 Å². The fourth-order valence-electron chi connectivity index (χ4n) is 3.00. The molecule has 0 radical (unpaired) electrons. The minimum atomic E-state index is 0.156. The molecular weight excluding hydrogens is 282 g/mol. The summed E-state index contributed by atoms with van der Waals surface area (Å²) in [6.45, 7) is 3.97. The van der Waals surface area contributed by atoms with Gasteiger partial charge in [0.25, 0.3) is 0 Å². The van der Waals surface area contributed by atoms with Crippen LogP contribution in [0.15, 0.2) is 29.6 Å². The van der Waals surface area contributed by atoms with Crippen LogP contribution in [0, 0.1) is 18.3 Å². The molecule has 0 bridgehead atoms. The number of hydrogen-bond acceptors (Lipinski definition) is 4. The highest BCUT2D eigenvalue weighted by atomic mass is 32.1. The molecule has 1 atom stereocenters. The monoisotopic (exact) mass is 299 g/mol. The summed E-state index contributed by atoms with van der Waals surface area (Å²) in [5.41, 5.74) is 3.22. The number of benzene rings is 1. The number of aromatic nitrogens is 1. The summed E-state index contributed by atoms with van der Waals surface area (Å²) in [5.74, 6) is 0.341. The smallest absolute Gasteiger partial charge is 0.228 e. The molecule has 1 aromatic heterocycles. The van der Waals surface area contributed by atoms with Gasteiger partial charge in [0.15, 0.2) is 0 Å². The van der Waals surface area contributed by atoms with Crippen LogP contribution in [0.3, 0.4) is 0 Å². The molecule has 5 heteroatoms. The van der Waals surface area contributed by atoms with Crippen LogP contribution in [0.25, 0.3) is 10.6 Å². The minimum Gasteiger partial charge on any atom is -0.326 e. The largest absolute Gasteiger partial charge is 0.326 e. The summed E-state index contributed by atoms with van der Waals surface area (Å²) >= 11 is 1.63. The van der Waals surface area contributed by atoms with Crippen LogP contribution in [0.2, 0.25) is 0 Å². The number of carbonyl (C=O) groups is 1. The van der Waals surface area contributed by atoms with Crippen molar-refractivity contribution in [3.63, 3.8) is 0 Å². The first-order chi connectivity index (χ1) is 10.2. The van der Waals surface area contributed by atoms with E-state index in [9.17, 15) is 4.79 Å². The Kier molecular flexibility index (Phi) is 2.87. The first-order valence-electron chi connectivity index (χ1n) is 7.20. The van der Waals surface area contributed by atoms with Gasteiger partial charge in [-0.1, -0.05) is 12.1 Å². The lowest BCUT2D eigenvalue weighted by atomic mass is 9.96. The van der Waals surface area contributed by atoms with Gasteiger partial charge in [0.2, 0.25) is 5.91 Å². The van der Waals surface area contributed by atoms with Gasteiger partial charge in [0.1, 0.15) is 5.01 Å². The second kappa shape index (κ2) is 4.64. The van der Waals surface area contributed by atoms with Crippen molar-refractivity contribution in [3.8, 4) is 10.6 Å². The maximum absolute atomic E-state index is 12.3. The van der Waals surface area contributed by atoms with E-state index in [0.717, 1.165) is 41.5 Å². The number of aryl methyl sites for hydroxylation is 1. The second-order valence-corrected chi connectivity index (χ2v) is 6.94. The fraction of sp³-hybridized carbons (Fsp3) is 0.375. The molecule has 4 rings (SSSR count). The van der Waals surface area contributed by atoms with Crippen molar-refractivity contribution in [2.75, 3.05) is 18.4 Å². The van der Waals surface area contributed by atoms with Crippen molar-refractivity contribution in [1.29, 1.82) is 0 Å². The molecule has 1 aliphatic heterocycles. The molecule has 2 heterocycles. The molecule has 21 heavy (non-hydrogen) atoms. The lowest BCUT2D eigenvalue weighted by Gasteiger charge is -2.28. The molecule has 2 fully saturated rings. The van der Waals surface area contributed by atoms with Crippen molar-refractivity contribution >= 4 is 22.9 Å². The first-order valence-corrected chi connectivity index (χ1v) is 8.08. The van der Waals surface area contributed by atoms with Gasteiger partial charge in [0.05, 0.1) is 0 Å². The molecule has 108 valence electrons. The molecule has 1 amide bonds. The molecule has 1 spiro atoms. The second-order valence-electron chi connectivity index (χ2n) is 6.09. The van der Waals surface area contributed by atoms with Crippen molar-refractivity contribution in [2.24, 2.45) is 11.3 Å². The number of hydrogen-bond donors (Lipinski definition) is 2. The third kappa shape index (κ3) is 2.26. The van der Waals surface area contributed by atoms with Gasteiger partial charge in [-0.2, -0.15) is 0 Å². The van der Waals surface area contributed by atoms with E-state index in [1.54, 1.807) is 11.3 Å². The molecular formula is C16H17N3OS. The van der Waals surface area contributed by atoms with E-state index in [1.807, 2.05) is 36.6 Å². The van der Waals surface area contributed by atoms with Gasteiger partial charge < -0.3 is 10.6 Å². The number of nitrogens with one attached hydrogen (secondary N) is 2. The highest BCUT2D eigenvalue weighted by Gasteiger charge is 2.61. The predicted octanol–water partition coefficient (Wildman–Crippen LogP) is 2.67. The van der Waals surface area contributed by atoms with Gasteiger partial charge >= 0.3 is 0 Å². The lowest BCUT2D eigenvalue weighted by Crippen LogP contribution is -2.46. The molecule has 2 N–H and O–H groups in total. The number of carbonyl (C=O) groups excluding carboxylic acids is 1. The Morgan fingerprint density at radius 3 is 2.95 bits per heavy atom. The van der Waals surface area contributed by atoms with E-state index in [1.165, 1.54) is 0 Å². The predicted molar refractivity (Wildman–Crippen MR) is 84.3 cm³/mol. The highest BCUT2D eigenvalue weighted by Crippen LogP contribution is 2.55. The van der Waals surface area contributed by atoms with Gasteiger partial charge in [-0.15, -0.1) is 11.3 Å². The van der Waals surface area contributed by atoms with Crippen molar-refractivity contribution in [1.82, 2.24) is 10.3 Å². The minimum absolute atomic E-state index is 0.156. The lowest BCUT2D eigenvalue weighted by molar-refractivity contribution is -0.118. The third-order valence-electron chi connectivity index (χ3n) is 4.46. The van der Waals surface area contributed by atoms with Gasteiger partial charge in [-0.25, -0.2) is 4.98 Å². The Morgan fingerprint density at radius 1 is 1.48 bits per heavy atom. The normalized spacial score (nSPS) is 21.9. The van der Waals surface area contributed by atoms with Crippen LogP contribution in [0.1, 0.15) is 12.1 Å². The molecule has 2 aromatic rings. The first kappa shape index (κ1) is 13.0. The van der Waals surface area contributed by atoms with E-state index < -0.39 is 0 Å². The van der Waals surface area contributed by atoms with Crippen LogP contribution in [-0.2, 0) is 4.79 Å². The zero-order valence-corrected chi connectivity index (χ0v) is 12.7. The fourth-order valence-corrected chi connectivity index (χ4v) is 3.80. The summed E-state index contributed by atoms with van der Waals surface area (Å²) in [6.07, 6.45) is 1.02. The number of thiazole rings is 1. The SMILES string of the molecule is Cc1csc(-c2cccc(NC(=O)C3CC34CNC4)c2)n1. The average molecular weight is 299 g/mol. The quantitative estimate of drug-likeness (QED) is 0.916. The number of amides is 1. The summed E-state index contributed by atoms with van der Waals surface area (Å²) < 4.78 is 0. The standard InChI is InChI=1S/C16H17N3OS/c1-10-7-21-15(18-10)11-3-2-4-12(5-11)19-14(20)13-6-16(13)8-17-9-16/h2-5,7,13,17H,6,8-9H2,1H3,(H,19,20). The Balaban J connectivity index is 1.49. The zero-order valence-electron chi connectivity index (χ0n) is 11.8. The molecule has 4 nitrogen and oxygen atoms in total. The Hall–Kier alpha value is -1.72. The van der Waals surface area contributed by atoms with Crippen LogP contribution >= 0.6 is 11.3 Å². The topological polar surface area (TPSA) is 54.0 Å². The molecule has 1 aliphatic carbocycles. The molecule has 1 saturated heterocycles. The van der Waals surface area contributed by atoms with Crippen LogP contribution in [0.5, 0.6) is 0 Å². The van der Waals surface area contributed by atoms with Gasteiger partial charge in [0, 0.05) is 46.7 Å². The third-order valence-corrected chi connectivity index (χ3v) is 5.47. The number of anilines is 1. The number of rotatable bonds is 3. The van der Waals surface area contributed by atoms with Crippen molar-refractivity contribution in [3.05, 3.63) is 35.3 Å². The van der Waals surface area contributed by atoms with E-state index in [4.69, 9.17) is 0 Å². The van der Waals surface area contributed by atoms with E-state index in [-0.39, 0.29) is 17.2 Å². The van der Waals surface area contributed by atoms with Crippen LogP contribution in [-0.4, -0.2) is 24.0 Å². The average Bonchev–Trinajstić information content (AvgIpc) is 3.08. The van der Waals surface area contributed by atoms with E-state index >= 15 is 0 Å². The van der Waals surface area contributed by atoms with Crippen molar-refractivity contribution in [2.45, 2.75) is 13.3 Å². The molecule has 2 aliphatic rings. The molecule has 1 saturated carbocycles. The molecule has 1 aromatic carbocycles. The summed E-state index contributed by atoms with van der Waals surface area (Å²) in [4.78, 5) is 16.8. The van der Waals surface area contributed by atoms with Crippen LogP contribution in [0.4, 0.5) is 5.69 Å². The summed E-state index contributed by atoms with van der Waals surface area (Å²) in [5, 5.41) is 9.35. The maximum Gasteiger partial charge on any atom is 0.228 e. The van der Waals surface area contributed by atoms with Crippen LogP contribution < -0.4 is 10.6 Å². The van der Waals surface area contributed by atoms with Gasteiger partial charge in [-0.3, -0.25) is 4.79 Å². The van der Waals surface area contributed by atoms with E-state index in [2.05, 4.69) is 15.6 Å². The zero-order chi connectivity index (χ0) is 14.4. The Bertz CT molecular complexity index is 705. The number of nitrogens with zero attached hydrogens (tertiary/aromatic N) is 1. The Morgan fingerprint density at radius 2 is 2.33 bits per heavy atom. The summed E-state index contributed by atoms with van der Waals surface area (Å²) in [6, 6.07) is 7.94. The summed E-state index contributed by atoms with van der Waals surface area (Å²) in [7, 11) is 0. The Labute approximate surface area is 127 Å². The van der Waals surface area contributed by atoms with E-state index in [0.29, 0.717) is 0 Å². The van der Waals surface area contributed by atoms with Crippen molar-refractivity contribution < 1.29 is 4.79 Å². The molecule has 1 unspecified atom stereocenters. The maximum atomic E-state index is 12.3. The highest BCUT2D eigenvalue weighted by molar-refractivity contribution is 7.13.